The number of Topliss-reactive ketones (excluding diaryl/α,β-unsaturated/α-hetero) is 1. The van der Waals surface area contributed by atoms with Crippen LogP contribution in [0.25, 0.3) is 0 Å². The zero-order valence-electron chi connectivity index (χ0n) is 14.4. The van der Waals surface area contributed by atoms with Crippen LogP contribution >= 0.6 is 11.6 Å². The lowest BCUT2D eigenvalue weighted by atomic mass is 10.0. The Morgan fingerprint density at radius 2 is 1.88 bits per heavy atom. The summed E-state index contributed by atoms with van der Waals surface area (Å²) in [7, 11) is -2.09. The van der Waals surface area contributed by atoms with E-state index in [-0.39, 0.29) is 11.5 Å². The summed E-state index contributed by atoms with van der Waals surface area (Å²) in [6, 6.07) is 12.9. The predicted octanol–water partition coefficient (Wildman–Crippen LogP) is 3.53. The summed E-state index contributed by atoms with van der Waals surface area (Å²) in [6.07, 6.45) is 1.18. The van der Waals surface area contributed by atoms with E-state index in [4.69, 9.17) is 16.3 Å². The second-order valence-electron chi connectivity index (χ2n) is 6.21. The van der Waals surface area contributed by atoms with Crippen LogP contribution in [0, 0.1) is 0 Å². The fraction of sp³-hybridized carbons (Fsp3) is 0.316. The van der Waals surface area contributed by atoms with Gasteiger partial charge in [0.15, 0.2) is 5.78 Å². The number of carbonyl (C=O) groups excluding carboxylic acids is 1. The normalized spacial score (nSPS) is 18.0. The highest BCUT2D eigenvalue weighted by atomic mass is 35.5. The van der Waals surface area contributed by atoms with Crippen LogP contribution in [0.2, 0.25) is 5.02 Å². The minimum atomic E-state index is -3.65. The largest absolute Gasteiger partial charge is 0.497 e. The zero-order valence-corrected chi connectivity index (χ0v) is 16.0. The van der Waals surface area contributed by atoms with E-state index < -0.39 is 16.1 Å². The molecule has 5 nitrogen and oxygen atoms in total. The fourth-order valence-electron chi connectivity index (χ4n) is 3.18. The molecule has 1 saturated heterocycles. The van der Waals surface area contributed by atoms with E-state index in [9.17, 15) is 13.2 Å². The molecular weight excluding hydrogens is 374 g/mol. The van der Waals surface area contributed by atoms with Gasteiger partial charge in [0.25, 0.3) is 0 Å². The Morgan fingerprint density at radius 3 is 2.54 bits per heavy atom. The molecule has 1 aliphatic heterocycles. The molecule has 2 aromatic rings. The van der Waals surface area contributed by atoms with Gasteiger partial charge in [-0.15, -0.1) is 0 Å². The summed E-state index contributed by atoms with van der Waals surface area (Å²) in [4.78, 5) is 12.9. The Hall–Kier alpha value is -1.89. The van der Waals surface area contributed by atoms with Gasteiger partial charge in [0, 0.05) is 17.1 Å². The Bertz CT molecular complexity index is 896. The molecule has 0 amide bonds. The van der Waals surface area contributed by atoms with E-state index in [0.29, 0.717) is 41.3 Å². The highest BCUT2D eigenvalue weighted by Gasteiger charge is 2.38. The van der Waals surface area contributed by atoms with Crippen molar-refractivity contribution in [1.29, 1.82) is 0 Å². The number of rotatable bonds is 6. The van der Waals surface area contributed by atoms with Crippen molar-refractivity contribution in [1.82, 2.24) is 4.31 Å². The van der Waals surface area contributed by atoms with Gasteiger partial charge in [-0.05, 0) is 48.7 Å². The Morgan fingerprint density at radius 1 is 1.19 bits per heavy atom. The SMILES string of the molecule is COc1ccc(C(=O)C2CCCN2S(=O)(=O)Cc2ccccc2Cl)cc1. The lowest BCUT2D eigenvalue weighted by molar-refractivity contribution is 0.0918. The number of nitrogens with zero attached hydrogens (tertiary/aromatic N) is 1. The van der Waals surface area contributed by atoms with Crippen LogP contribution in [-0.4, -0.2) is 38.2 Å². The summed E-state index contributed by atoms with van der Waals surface area (Å²) >= 11 is 6.10. The highest BCUT2D eigenvalue weighted by Crippen LogP contribution is 2.28. The topological polar surface area (TPSA) is 63.7 Å². The lowest BCUT2D eigenvalue weighted by Gasteiger charge is -2.23. The van der Waals surface area contributed by atoms with Gasteiger partial charge in [0.1, 0.15) is 5.75 Å². The average molecular weight is 394 g/mol. The summed E-state index contributed by atoms with van der Waals surface area (Å²) in [5, 5.41) is 0.410. The summed E-state index contributed by atoms with van der Waals surface area (Å²) < 4.78 is 32.2. The molecule has 1 aliphatic rings. The lowest BCUT2D eigenvalue weighted by Crippen LogP contribution is -2.41. The summed E-state index contributed by atoms with van der Waals surface area (Å²) in [5.41, 5.74) is 1.02. The quantitative estimate of drug-likeness (QED) is 0.704. The third kappa shape index (κ3) is 3.92. The molecule has 0 N–H and O–H groups in total. The number of carbonyl (C=O) groups is 1. The van der Waals surface area contributed by atoms with Gasteiger partial charge in [-0.1, -0.05) is 29.8 Å². The van der Waals surface area contributed by atoms with Crippen LogP contribution in [0.15, 0.2) is 48.5 Å². The molecule has 1 unspecified atom stereocenters. The van der Waals surface area contributed by atoms with Gasteiger partial charge >= 0.3 is 0 Å². The first-order valence-corrected chi connectivity index (χ1v) is 10.3. The van der Waals surface area contributed by atoms with E-state index >= 15 is 0 Å². The van der Waals surface area contributed by atoms with Gasteiger partial charge in [-0.2, -0.15) is 4.31 Å². The first-order valence-electron chi connectivity index (χ1n) is 8.33. The molecule has 0 bridgehead atoms. The van der Waals surface area contributed by atoms with Crippen LogP contribution < -0.4 is 4.74 Å². The molecule has 0 spiro atoms. The molecule has 0 aromatic heterocycles. The maximum Gasteiger partial charge on any atom is 0.219 e. The van der Waals surface area contributed by atoms with Crippen LogP contribution in [-0.2, 0) is 15.8 Å². The van der Waals surface area contributed by atoms with Crippen molar-refractivity contribution in [2.24, 2.45) is 0 Å². The number of hydrogen-bond acceptors (Lipinski definition) is 4. The van der Waals surface area contributed by atoms with Crippen molar-refractivity contribution in [3.8, 4) is 5.75 Å². The monoisotopic (exact) mass is 393 g/mol. The van der Waals surface area contributed by atoms with E-state index in [2.05, 4.69) is 0 Å². The van der Waals surface area contributed by atoms with Crippen LogP contribution in [0.4, 0.5) is 0 Å². The standard InChI is InChI=1S/C19H20ClNO4S/c1-25-16-10-8-14(9-11-16)19(22)18-7-4-12-21(18)26(23,24)13-15-5-2-3-6-17(15)20/h2-3,5-6,8-11,18H,4,7,12-13H2,1H3. The Balaban J connectivity index is 1.82. The van der Waals surface area contributed by atoms with Crippen molar-refractivity contribution in [3.05, 3.63) is 64.7 Å². The van der Waals surface area contributed by atoms with Crippen LogP contribution in [0.5, 0.6) is 5.75 Å². The minimum absolute atomic E-state index is 0.187. The Labute approximate surface area is 158 Å². The van der Waals surface area contributed by atoms with E-state index in [0.717, 1.165) is 0 Å². The summed E-state index contributed by atoms with van der Waals surface area (Å²) in [6.45, 7) is 0.347. The molecule has 3 rings (SSSR count). The molecule has 1 heterocycles. The number of sulfonamides is 1. The Kier molecular flexibility index (Phi) is 5.65. The second-order valence-corrected chi connectivity index (χ2v) is 8.54. The van der Waals surface area contributed by atoms with Gasteiger partial charge in [0.05, 0.1) is 18.9 Å². The minimum Gasteiger partial charge on any atom is -0.497 e. The number of ketones is 1. The van der Waals surface area contributed by atoms with Crippen LogP contribution in [0.3, 0.4) is 0 Å². The van der Waals surface area contributed by atoms with Crippen molar-refractivity contribution < 1.29 is 17.9 Å². The van der Waals surface area contributed by atoms with Crippen molar-refractivity contribution >= 4 is 27.4 Å². The van der Waals surface area contributed by atoms with Crippen molar-refractivity contribution in [2.45, 2.75) is 24.6 Å². The smallest absolute Gasteiger partial charge is 0.219 e. The summed E-state index contributed by atoms with van der Waals surface area (Å²) in [5.74, 6) is 0.253. The van der Waals surface area contributed by atoms with Crippen molar-refractivity contribution in [2.75, 3.05) is 13.7 Å². The third-order valence-electron chi connectivity index (χ3n) is 4.53. The molecule has 0 aliphatic carbocycles. The second kappa shape index (κ2) is 7.78. The maximum atomic E-state index is 12.9. The van der Waals surface area contributed by atoms with Gasteiger partial charge < -0.3 is 4.74 Å². The molecule has 2 aromatic carbocycles. The van der Waals surface area contributed by atoms with Crippen LogP contribution in [0.1, 0.15) is 28.8 Å². The molecule has 1 fully saturated rings. The van der Waals surface area contributed by atoms with E-state index in [1.165, 1.54) is 4.31 Å². The molecular formula is C19H20ClNO4S. The molecule has 0 radical (unpaired) electrons. The first-order chi connectivity index (χ1) is 12.4. The number of hydrogen-bond donors (Lipinski definition) is 0. The number of ether oxygens (including phenoxy) is 1. The maximum absolute atomic E-state index is 12.9. The molecule has 7 heteroatoms. The van der Waals surface area contributed by atoms with Gasteiger partial charge in [-0.25, -0.2) is 8.42 Å². The van der Waals surface area contributed by atoms with Gasteiger partial charge in [-0.3, -0.25) is 4.79 Å². The van der Waals surface area contributed by atoms with E-state index in [1.54, 1.807) is 55.6 Å². The third-order valence-corrected chi connectivity index (χ3v) is 6.73. The number of halogens is 1. The zero-order chi connectivity index (χ0) is 18.7. The molecule has 26 heavy (non-hydrogen) atoms. The first kappa shape index (κ1) is 18.9. The molecule has 1 atom stereocenters. The highest BCUT2D eigenvalue weighted by molar-refractivity contribution is 7.88. The average Bonchev–Trinajstić information content (AvgIpc) is 3.14. The van der Waals surface area contributed by atoms with Gasteiger partial charge in [0.2, 0.25) is 10.0 Å². The predicted molar refractivity (Wildman–Crippen MR) is 101 cm³/mol. The van der Waals surface area contributed by atoms with Crippen molar-refractivity contribution in [3.63, 3.8) is 0 Å². The fourth-order valence-corrected chi connectivity index (χ4v) is 5.27. The van der Waals surface area contributed by atoms with E-state index in [1.807, 2.05) is 0 Å². The number of benzene rings is 2. The number of methoxy groups -OCH3 is 1. The molecule has 138 valence electrons. The molecule has 0 saturated carbocycles.